The minimum Gasteiger partial charge on any atom is -0.497 e. The number of carbonyl (C=O) groups excluding carboxylic acids is 2. The Balaban J connectivity index is 2.34. The minimum absolute atomic E-state index is 0.00662. The molecule has 0 aliphatic rings. The van der Waals surface area contributed by atoms with Gasteiger partial charge in [-0.05, 0) is 47.6 Å². The summed E-state index contributed by atoms with van der Waals surface area (Å²) in [6.07, 6.45) is -1.02. The van der Waals surface area contributed by atoms with E-state index in [9.17, 15) is 23.1 Å². The first kappa shape index (κ1) is 37.2. The second-order valence-electron chi connectivity index (χ2n) is 12.3. The molecule has 0 aliphatic carbocycles. The summed E-state index contributed by atoms with van der Waals surface area (Å²) in [6.45, 7) is 10.1. The van der Waals surface area contributed by atoms with Crippen LogP contribution in [0.15, 0.2) is 59.5 Å². The van der Waals surface area contributed by atoms with Gasteiger partial charge >= 0.3 is 0 Å². The molecule has 12 heteroatoms. The Morgan fingerprint density at radius 2 is 1.59 bits per heavy atom. The summed E-state index contributed by atoms with van der Waals surface area (Å²) in [7, 11) is -0.918. The molecule has 2 aromatic carbocycles. The van der Waals surface area contributed by atoms with Crippen LogP contribution in [0.3, 0.4) is 0 Å². The molecule has 0 aromatic heterocycles. The van der Waals surface area contributed by atoms with Gasteiger partial charge in [0, 0.05) is 26.7 Å². The molecule has 0 fully saturated rings. The van der Waals surface area contributed by atoms with Crippen LogP contribution in [0.4, 0.5) is 0 Å². The number of sulfonamides is 1. The molecule has 3 atom stereocenters. The normalized spacial score (nSPS) is 14.2. The SMILES string of the molecule is COCCNCC(=O)NC(C(=O)NC(Cc1ccccc1)C(O)CN(CC(C)C)S(=O)(=O)c1ccc(OC)cc1)C(C)(C)C. The fourth-order valence-electron chi connectivity index (χ4n) is 4.59. The number of ether oxygens (including phenoxy) is 2. The first-order chi connectivity index (χ1) is 20.7. The van der Waals surface area contributed by atoms with E-state index in [1.54, 1.807) is 19.2 Å². The number of hydrogen-bond acceptors (Lipinski definition) is 8. The summed E-state index contributed by atoms with van der Waals surface area (Å²) in [4.78, 5) is 26.5. The Bertz CT molecular complexity index is 1270. The van der Waals surface area contributed by atoms with E-state index in [2.05, 4.69) is 16.0 Å². The van der Waals surface area contributed by atoms with Gasteiger partial charge in [0.05, 0.1) is 37.3 Å². The first-order valence-electron chi connectivity index (χ1n) is 14.8. The number of rotatable bonds is 18. The molecule has 246 valence electrons. The van der Waals surface area contributed by atoms with Gasteiger partial charge in [0.25, 0.3) is 0 Å². The van der Waals surface area contributed by atoms with Crippen molar-refractivity contribution in [1.82, 2.24) is 20.3 Å². The zero-order valence-corrected chi connectivity index (χ0v) is 27.8. The third-order valence-corrected chi connectivity index (χ3v) is 8.80. The molecule has 0 saturated heterocycles. The van der Waals surface area contributed by atoms with Crippen LogP contribution in [0.1, 0.15) is 40.2 Å². The topological polar surface area (TPSA) is 146 Å². The standard InChI is InChI=1S/C32H50N4O7S/c1-23(2)21-36(44(40,41)26-15-13-25(43-7)14-16-26)22-28(37)27(19-24-11-9-8-10-12-24)34-31(39)30(32(3,4)5)35-29(38)20-33-17-18-42-6/h8-16,23,27-28,30,33,37H,17-22H2,1-7H3,(H,34,39)(H,35,38). The number of aliphatic hydroxyl groups excluding tert-OH is 1. The van der Waals surface area contributed by atoms with Gasteiger partial charge in [0.2, 0.25) is 21.8 Å². The lowest BCUT2D eigenvalue weighted by molar-refractivity contribution is -0.132. The molecule has 0 radical (unpaired) electrons. The van der Waals surface area contributed by atoms with Gasteiger partial charge in [-0.2, -0.15) is 4.31 Å². The highest BCUT2D eigenvalue weighted by atomic mass is 32.2. The van der Waals surface area contributed by atoms with Crippen LogP contribution in [-0.2, 0) is 30.8 Å². The van der Waals surface area contributed by atoms with Crippen molar-refractivity contribution in [3.63, 3.8) is 0 Å². The lowest BCUT2D eigenvalue weighted by Gasteiger charge is -2.34. The molecule has 4 N–H and O–H groups in total. The maximum absolute atomic E-state index is 13.7. The number of aliphatic hydroxyl groups is 1. The van der Waals surface area contributed by atoms with E-state index in [1.807, 2.05) is 65.0 Å². The van der Waals surface area contributed by atoms with Gasteiger partial charge < -0.3 is 30.5 Å². The van der Waals surface area contributed by atoms with E-state index in [0.717, 1.165) is 5.56 Å². The van der Waals surface area contributed by atoms with E-state index in [1.165, 1.54) is 23.5 Å². The van der Waals surface area contributed by atoms with Crippen LogP contribution >= 0.6 is 0 Å². The maximum atomic E-state index is 13.7. The highest BCUT2D eigenvalue weighted by Crippen LogP contribution is 2.23. The zero-order chi connectivity index (χ0) is 32.9. The highest BCUT2D eigenvalue weighted by molar-refractivity contribution is 7.89. The molecule has 0 heterocycles. The largest absolute Gasteiger partial charge is 0.497 e. The van der Waals surface area contributed by atoms with E-state index in [-0.39, 0.29) is 42.8 Å². The van der Waals surface area contributed by atoms with Gasteiger partial charge in [-0.3, -0.25) is 9.59 Å². The number of benzene rings is 2. The molecular weight excluding hydrogens is 584 g/mol. The van der Waals surface area contributed by atoms with Crippen molar-refractivity contribution in [2.75, 3.05) is 47.0 Å². The fourth-order valence-corrected chi connectivity index (χ4v) is 6.21. The quantitative estimate of drug-likeness (QED) is 0.183. The van der Waals surface area contributed by atoms with Gasteiger partial charge in [-0.15, -0.1) is 0 Å². The molecule has 0 saturated carbocycles. The first-order valence-corrected chi connectivity index (χ1v) is 16.3. The van der Waals surface area contributed by atoms with E-state index in [4.69, 9.17) is 9.47 Å². The minimum atomic E-state index is -3.99. The number of nitrogens with one attached hydrogen (secondary N) is 3. The highest BCUT2D eigenvalue weighted by Gasteiger charge is 2.36. The number of amides is 2. The Kier molecular flexibility index (Phi) is 14.7. The summed E-state index contributed by atoms with van der Waals surface area (Å²) in [6, 6.07) is 13.6. The van der Waals surface area contributed by atoms with E-state index in [0.29, 0.717) is 18.9 Å². The number of carbonyl (C=O) groups is 2. The molecule has 2 rings (SSSR count). The monoisotopic (exact) mass is 634 g/mol. The number of methoxy groups -OCH3 is 2. The van der Waals surface area contributed by atoms with Crippen molar-refractivity contribution in [1.29, 1.82) is 0 Å². The van der Waals surface area contributed by atoms with E-state index < -0.39 is 39.5 Å². The lowest BCUT2D eigenvalue weighted by Crippen LogP contribution is -2.59. The lowest BCUT2D eigenvalue weighted by atomic mass is 9.85. The fraction of sp³-hybridized carbons (Fsp3) is 0.562. The Morgan fingerprint density at radius 1 is 0.955 bits per heavy atom. The summed E-state index contributed by atoms with van der Waals surface area (Å²) in [5.74, 6) is -0.340. The van der Waals surface area contributed by atoms with E-state index >= 15 is 0 Å². The summed E-state index contributed by atoms with van der Waals surface area (Å²) >= 11 is 0. The smallest absolute Gasteiger partial charge is 0.243 e. The molecule has 0 bridgehead atoms. The predicted molar refractivity (Wildman–Crippen MR) is 171 cm³/mol. The Labute approximate surface area is 262 Å². The third-order valence-electron chi connectivity index (χ3n) is 6.95. The van der Waals surface area contributed by atoms with Crippen molar-refractivity contribution in [3.05, 3.63) is 60.2 Å². The van der Waals surface area contributed by atoms with Crippen molar-refractivity contribution < 1.29 is 32.6 Å². The second-order valence-corrected chi connectivity index (χ2v) is 14.2. The molecule has 2 amide bonds. The maximum Gasteiger partial charge on any atom is 0.243 e. The zero-order valence-electron chi connectivity index (χ0n) is 27.0. The summed E-state index contributed by atoms with van der Waals surface area (Å²) < 4.78 is 38.8. The molecular formula is C32H50N4O7S. The third kappa shape index (κ3) is 11.8. The summed E-state index contributed by atoms with van der Waals surface area (Å²) in [5, 5.41) is 20.3. The number of nitrogens with zero attached hydrogens (tertiary/aromatic N) is 1. The Hall–Kier alpha value is -3.03. The second kappa shape index (κ2) is 17.5. The van der Waals surface area contributed by atoms with Crippen molar-refractivity contribution in [3.8, 4) is 5.75 Å². The molecule has 11 nitrogen and oxygen atoms in total. The van der Waals surface area contributed by atoms with Gasteiger partial charge in [-0.1, -0.05) is 65.0 Å². The molecule has 44 heavy (non-hydrogen) atoms. The molecule has 3 unspecified atom stereocenters. The van der Waals surface area contributed by atoms with Crippen molar-refractivity contribution in [2.45, 2.75) is 64.1 Å². The molecule has 0 spiro atoms. The predicted octanol–water partition coefficient (Wildman–Crippen LogP) is 2.20. The van der Waals surface area contributed by atoms with Crippen molar-refractivity contribution >= 4 is 21.8 Å². The summed E-state index contributed by atoms with van der Waals surface area (Å²) in [5.41, 5.74) is 0.194. The van der Waals surface area contributed by atoms with Crippen molar-refractivity contribution in [2.24, 2.45) is 11.3 Å². The van der Waals surface area contributed by atoms with Gasteiger partial charge in [0.1, 0.15) is 11.8 Å². The van der Waals surface area contributed by atoms with Crippen LogP contribution in [0.2, 0.25) is 0 Å². The Morgan fingerprint density at radius 3 is 2.14 bits per heavy atom. The van der Waals surface area contributed by atoms with Crippen LogP contribution in [0.25, 0.3) is 0 Å². The van der Waals surface area contributed by atoms with Crippen LogP contribution in [0.5, 0.6) is 5.75 Å². The van der Waals surface area contributed by atoms with Crippen LogP contribution < -0.4 is 20.7 Å². The number of hydrogen-bond donors (Lipinski definition) is 4. The van der Waals surface area contributed by atoms with Crippen LogP contribution in [-0.4, -0.2) is 94.8 Å². The average Bonchev–Trinajstić information content (AvgIpc) is 2.97. The molecule has 0 aliphatic heterocycles. The average molecular weight is 635 g/mol. The molecule has 2 aromatic rings. The van der Waals surface area contributed by atoms with Crippen LogP contribution in [0, 0.1) is 11.3 Å². The van der Waals surface area contributed by atoms with Gasteiger partial charge in [0.15, 0.2) is 0 Å². The van der Waals surface area contributed by atoms with Gasteiger partial charge in [-0.25, -0.2) is 8.42 Å².